The van der Waals surface area contributed by atoms with Crippen molar-refractivity contribution in [2.45, 2.75) is 0 Å². The zero-order valence-corrected chi connectivity index (χ0v) is 9.60. The molecule has 3 nitrogen and oxygen atoms in total. The maximum absolute atomic E-state index is 5.06. The van der Waals surface area contributed by atoms with E-state index in [-0.39, 0.29) is 0 Å². The van der Waals surface area contributed by atoms with E-state index in [4.69, 9.17) is 4.42 Å². The Kier molecular flexibility index (Phi) is 3.27. The van der Waals surface area contributed by atoms with Gasteiger partial charge in [-0.05, 0) is 37.9 Å². The van der Waals surface area contributed by atoms with Gasteiger partial charge in [0.15, 0.2) is 0 Å². The van der Waals surface area contributed by atoms with Crippen LogP contribution in [0, 0.1) is 0 Å². The van der Waals surface area contributed by atoms with Crippen molar-refractivity contribution in [1.29, 1.82) is 0 Å². The second-order valence-electron chi connectivity index (χ2n) is 4.00. The van der Waals surface area contributed by atoms with Crippen molar-refractivity contribution in [2.75, 3.05) is 26.1 Å². The molecule has 0 saturated carbocycles. The van der Waals surface area contributed by atoms with Gasteiger partial charge in [0.05, 0.1) is 19.2 Å². The van der Waals surface area contributed by atoms with E-state index in [0.29, 0.717) is 0 Å². The van der Waals surface area contributed by atoms with Crippen molar-refractivity contribution < 1.29 is 4.42 Å². The lowest BCUT2D eigenvalue weighted by Gasteiger charge is -2.12. The van der Waals surface area contributed by atoms with Crippen molar-refractivity contribution in [1.82, 2.24) is 4.90 Å². The smallest absolute Gasteiger partial charge is 0.0980 e. The van der Waals surface area contributed by atoms with Crippen molar-refractivity contribution >= 4 is 5.69 Å². The van der Waals surface area contributed by atoms with Crippen LogP contribution in [0.15, 0.2) is 47.3 Å². The monoisotopic (exact) mass is 216 g/mol. The molecule has 0 radical (unpaired) electrons. The van der Waals surface area contributed by atoms with Crippen molar-refractivity contribution in [3.8, 4) is 11.1 Å². The summed E-state index contributed by atoms with van der Waals surface area (Å²) in [6.45, 7) is 0.838. The highest BCUT2D eigenvalue weighted by Crippen LogP contribution is 2.21. The van der Waals surface area contributed by atoms with Gasteiger partial charge in [0.1, 0.15) is 0 Å². The Morgan fingerprint density at radius 1 is 1.06 bits per heavy atom. The molecule has 0 aliphatic heterocycles. The number of nitrogens with one attached hydrogen (secondary N) is 1. The Morgan fingerprint density at radius 3 is 2.38 bits per heavy atom. The van der Waals surface area contributed by atoms with Gasteiger partial charge in [-0.1, -0.05) is 12.1 Å². The highest BCUT2D eigenvalue weighted by molar-refractivity contribution is 5.64. The molecule has 0 amide bonds. The van der Waals surface area contributed by atoms with Gasteiger partial charge in [0.25, 0.3) is 0 Å². The Morgan fingerprint density at radius 2 is 1.81 bits per heavy atom. The largest absolute Gasteiger partial charge is 0.472 e. The third-order valence-corrected chi connectivity index (χ3v) is 2.34. The van der Waals surface area contributed by atoms with E-state index in [2.05, 4.69) is 34.5 Å². The summed E-state index contributed by atoms with van der Waals surface area (Å²) in [7, 11) is 4.07. The number of benzene rings is 1. The fourth-order valence-electron chi connectivity index (χ4n) is 1.46. The molecule has 0 bridgehead atoms. The van der Waals surface area contributed by atoms with Crippen molar-refractivity contribution in [3.63, 3.8) is 0 Å². The first kappa shape index (κ1) is 10.8. The number of rotatable bonds is 4. The minimum absolute atomic E-state index is 0.838. The number of furan rings is 1. The summed E-state index contributed by atoms with van der Waals surface area (Å²) in [6, 6.07) is 10.3. The quantitative estimate of drug-likeness (QED) is 0.796. The van der Waals surface area contributed by atoms with Crippen LogP contribution >= 0.6 is 0 Å². The Balaban J connectivity index is 2.05. The zero-order chi connectivity index (χ0) is 11.4. The van der Waals surface area contributed by atoms with Gasteiger partial charge in [-0.2, -0.15) is 0 Å². The standard InChI is InChI=1S/C13H16N2O/c1-15(2)10-14-13-5-3-11(4-6-13)12-7-8-16-9-12/h3-9,14H,10H2,1-2H3. The van der Waals surface area contributed by atoms with Crippen LogP contribution in [0.5, 0.6) is 0 Å². The van der Waals surface area contributed by atoms with Crippen LogP contribution in [0.1, 0.15) is 0 Å². The van der Waals surface area contributed by atoms with Gasteiger partial charge in [0.2, 0.25) is 0 Å². The minimum Gasteiger partial charge on any atom is -0.472 e. The van der Waals surface area contributed by atoms with Crippen LogP contribution < -0.4 is 5.32 Å². The summed E-state index contributed by atoms with van der Waals surface area (Å²) in [5.41, 5.74) is 3.41. The molecule has 1 aromatic heterocycles. The molecule has 0 aliphatic rings. The SMILES string of the molecule is CN(C)CNc1ccc(-c2ccoc2)cc1. The average Bonchev–Trinajstić information content (AvgIpc) is 2.80. The molecule has 0 atom stereocenters. The Hall–Kier alpha value is -1.74. The van der Waals surface area contributed by atoms with E-state index in [9.17, 15) is 0 Å². The fraction of sp³-hybridized carbons (Fsp3) is 0.231. The summed E-state index contributed by atoms with van der Waals surface area (Å²) in [5, 5.41) is 3.32. The molecule has 0 saturated heterocycles. The van der Waals surface area contributed by atoms with E-state index >= 15 is 0 Å². The third kappa shape index (κ3) is 2.64. The van der Waals surface area contributed by atoms with Gasteiger partial charge in [-0.15, -0.1) is 0 Å². The predicted octanol–water partition coefficient (Wildman–Crippen LogP) is 2.88. The van der Waals surface area contributed by atoms with Crippen LogP contribution in [0.4, 0.5) is 5.69 Å². The molecule has 1 N–H and O–H groups in total. The highest BCUT2D eigenvalue weighted by Gasteiger charge is 1.98. The lowest BCUT2D eigenvalue weighted by atomic mass is 10.1. The Bertz CT molecular complexity index is 418. The lowest BCUT2D eigenvalue weighted by molar-refractivity contribution is 0.440. The predicted molar refractivity (Wildman–Crippen MR) is 66.3 cm³/mol. The molecular weight excluding hydrogens is 200 g/mol. The summed E-state index contributed by atoms with van der Waals surface area (Å²) in [4.78, 5) is 2.09. The molecule has 1 aromatic carbocycles. The number of hydrogen-bond donors (Lipinski definition) is 1. The number of nitrogens with zero attached hydrogens (tertiary/aromatic N) is 1. The maximum Gasteiger partial charge on any atom is 0.0980 e. The van der Waals surface area contributed by atoms with Crippen LogP contribution in [0.2, 0.25) is 0 Å². The van der Waals surface area contributed by atoms with E-state index in [1.54, 1.807) is 12.5 Å². The van der Waals surface area contributed by atoms with Gasteiger partial charge in [0, 0.05) is 11.3 Å². The summed E-state index contributed by atoms with van der Waals surface area (Å²) in [6.07, 6.45) is 3.44. The fourth-order valence-corrected chi connectivity index (χ4v) is 1.46. The first-order valence-electron chi connectivity index (χ1n) is 5.27. The van der Waals surface area contributed by atoms with Crippen LogP contribution in [0.3, 0.4) is 0 Å². The highest BCUT2D eigenvalue weighted by atomic mass is 16.3. The molecule has 2 rings (SSSR count). The summed E-state index contributed by atoms with van der Waals surface area (Å²) in [5.74, 6) is 0. The minimum atomic E-state index is 0.838. The molecule has 0 spiro atoms. The van der Waals surface area contributed by atoms with E-state index < -0.39 is 0 Å². The van der Waals surface area contributed by atoms with Gasteiger partial charge < -0.3 is 9.73 Å². The molecule has 3 heteroatoms. The van der Waals surface area contributed by atoms with Crippen molar-refractivity contribution in [3.05, 3.63) is 42.9 Å². The normalized spacial score (nSPS) is 10.7. The van der Waals surface area contributed by atoms with Crippen molar-refractivity contribution in [2.24, 2.45) is 0 Å². The summed E-state index contributed by atoms with van der Waals surface area (Å²) >= 11 is 0. The Labute approximate surface area is 95.7 Å². The topological polar surface area (TPSA) is 28.4 Å². The first-order valence-corrected chi connectivity index (χ1v) is 5.27. The van der Waals surface area contributed by atoms with E-state index in [1.165, 1.54) is 5.56 Å². The first-order chi connectivity index (χ1) is 7.75. The second-order valence-corrected chi connectivity index (χ2v) is 4.00. The second kappa shape index (κ2) is 4.86. The van der Waals surface area contributed by atoms with E-state index in [0.717, 1.165) is 17.9 Å². The van der Waals surface area contributed by atoms with Crippen LogP contribution in [-0.4, -0.2) is 25.7 Å². The van der Waals surface area contributed by atoms with Crippen LogP contribution in [0.25, 0.3) is 11.1 Å². The molecular formula is C13H16N2O. The molecule has 84 valence electrons. The summed E-state index contributed by atoms with van der Waals surface area (Å²) < 4.78 is 5.06. The molecule has 2 aromatic rings. The third-order valence-electron chi connectivity index (χ3n) is 2.34. The zero-order valence-electron chi connectivity index (χ0n) is 9.60. The molecule has 1 heterocycles. The van der Waals surface area contributed by atoms with Gasteiger partial charge in [-0.25, -0.2) is 0 Å². The lowest BCUT2D eigenvalue weighted by Crippen LogP contribution is -2.20. The van der Waals surface area contributed by atoms with Gasteiger partial charge >= 0.3 is 0 Å². The number of anilines is 1. The van der Waals surface area contributed by atoms with E-state index in [1.807, 2.05) is 20.2 Å². The average molecular weight is 216 g/mol. The molecule has 0 fully saturated rings. The van der Waals surface area contributed by atoms with Crippen LogP contribution in [-0.2, 0) is 0 Å². The molecule has 0 unspecified atom stereocenters. The van der Waals surface area contributed by atoms with Gasteiger partial charge in [-0.3, -0.25) is 4.90 Å². The maximum atomic E-state index is 5.06. The number of hydrogen-bond acceptors (Lipinski definition) is 3. The molecule has 16 heavy (non-hydrogen) atoms. The molecule has 0 aliphatic carbocycles.